The zero-order valence-corrected chi connectivity index (χ0v) is 18.5. The number of hydrogen-bond donors (Lipinski definition) is 1. The van der Waals surface area contributed by atoms with Gasteiger partial charge in [0.1, 0.15) is 10.8 Å². The van der Waals surface area contributed by atoms with E-state index in [0.29, 0.717) is 34.7 Å². The number of piperazine rings is 1. The van der Waals surface area contributed by atoms with E-state index in [0.717, 1.165) is 50.4 Å². The van der Waals surface area contributed by atoms with E-state index in [1.165, 1.54) is 11.3 Å². The van der Waals surface area contributed by atoms with E-state index >= 15 is 0 Å². The minimum absolute atomic E-state index is 0.109. The average molecular weight is 449 g/mol. The summed E-state index contributed by atoms with van der Waals surface area (Å²) in [6.07, 6.45) is 3.82. The van der Waals surface area contributed by atoms with Crippen LogP contribution in [-0.2, 0) is 9.53 Å². The molecule has 7 nitrogen and oxygen atoms in total. The summed E-state index contributed by atoms with van der Waals surface area (Å²) >= 11 is 7.32. The van der Waals surface area contributed by atoms with Crippen LogP contribution in [0.1, 0.15) is 41.6 Å². The Morgan fingerprint density at radius 1 is 1.27 bits per heavy atom. The fourth-order valence-electron chi connectivity index (χ4n) is 3.63. The number of nitrogens with zero attached hydrogens (tertiary/aromatic N) is 3. The maximum Gasteiger partial charge on any atom is 0.341 e. The van der Waals surface area contributed by atoms with Crippen molar-refractivity contribution in [3.05, 3.63) is 39.9 Å². The largest absolute Gasteiger partial charge is 0.462 e. The van der Waals surface area contributed by atoms with Gasteiger partial charge in [0.05, 0.1) is 23.7 Å². The first-order valence-corrected chi connectivity index (χ1v) is 11.5. The lowest BCUT2D eigenvalue weighted by atomic mass is 10.1. The number of anilines is 2. The Morgan fingerprint density at radius 3 is 2.67 bits per heavy atom. The molecule has 1 saturated heterocycles. The zero-order valence-electron chi connectivity index (χ0n) is 16.9. The normalized spacial score (nSPS) is 17.1. The molecule has 3 heterocycles. The second-order valence-corrected chi connectivity index (χ2v) is 8.85. The second kappa shape index (κ2) is 9.32. The molecular weight excluding hydrogens is 424 g/mol. The van der Waals surface area contributed by atoms with Gasteiger partial charge in [-0.25, -0.2) is 9.78 Å². The number of nitrogens with one attached hydrogen (secondary N) is 1. The van der Waals surface area contributed by atoms with Crippen molar-refractivity contribution in [2.75, 3.05) is 49.5 Å². The van der Waals surface area contributed by atoms with Crippen LogP contribution in [-0.4, -0.2) is 61.1 Å². The molecule has 0 aromatic carbocycles. The molecule has 1 aliphatic heterocycles. The van der Waals surface area contributed by atoms with E-state index in [9.17, 15) is 9.59 Å². The third kappa shape index (κ3) is 4.94. The number of aromatic nitrogens is 1. The molecule has 1 saturated carbocycles. The van der Waals surface area contributed by atoms with Crippen LogP contribution in [0.5, 0.6) is 0 Å². The molecule has 0 bridgehead atoms. The summed E-state index contributed by atoms with van der Waals surface area (Å²) in [5.41, 5.74) is 1.55. The molecule has 2 fully saturated rings. The predicted octanol–water partition coefficient (Wildman–Crippen LogP) is 3.61. The van der Waals surface area contributed by atoms with Gasteiger partial charge in [-0.2, -0.15) is 0 Å². The van der Waals surface area contributed by atoms with Crippen molar-refractivity contribution in [3.63, 3.8) is 0 Å². The quantitative estimate of drug-likeness (QED) is 0.652. The Balaban J connectivity index is 1.33. The number of carbonyl (C=O) groups excluding carboxylic acids is 2. The molecule has 160 valence electrons. The van der Waals surface area contributed by atoms with Crippen molar-refractivity contribution in [3.8, 4) is 0 Å². The highest BCUT2D eigenvalue weighted by molar-refractivity contribution is 7.15. The average Bonchev–Trinajstić information content (AvgIpc) is 3.50. The van der Waals surface area contributed by atoms with Crippen LogP contribution in [0.15, 0.2) is 23.7 Å². The van der Waals surface area contributed by atoms with Crippen LogP contribution in [0.25, 0.3) is 0 Å². The molecular formula is C21H25ClN4O3S. The van der Waals surface area contributed by atoms with E-state index in [4.69, 9.17) is 16.3 Å². The molecule has 0 radical (unpaired) electrons. The maximum atomic E-state index is 12.7. The van der Waals surface area contributed by atoms with Crippen LogP contribution in [0.3, 0.4) is 0 Å². The first-order valence-electron chi connectivity index (χ1n) is 10.2. The molecule has 2 aliphatic rings. The summed E-state index contributed by atoms with van der Waals surface area (Å²) in [6.45, 7) is 5.51. The number of esters is 1. The molecule has 0 atom stereocenters. The lowest BCUT2D eigenvalue weighted by Gasteiger charge is -2.34. The lowest BCUT2D eigenvalue weighted by molar-refractivity contribution is -0.117. The van der Waals surface area contributed by atoms with Gasteiger partial charge in [-0.05, 0) is 48.8 Å². The Hall–Kier alpha value is -2.16. The SMILES string of the molecule is CCOC(=O)c1c(C2CC2)csc1NC(=O)CN1CCN(c2ccc(Cl)cn2)CC1. The molecule has 1 N–H and O–H groups in total. The van der Waals surface area contributed by atoms with Crippen molar-refractivity contribution in [2.24, 2.45) is 0 Å². The number of halogens is 1. The Morgan fingerprint density at radius 2 is 2.03 bits per heavy atom. The van der Waals surface area contributed by atoms with Crippen molar-refractivity contribution < 1.29 is 14.3 Å². The fourth-order valence-corrected chi connectivity index (χ4v) is 4.79. The van der Waals surface area contributed by atoms with Crippen molar-refractivity contribution in [2.45, 2.75) is 25.7 Å². The van der Waals surface area contributed by atoms with Gasteiger partial charge in [0.25, 0.3) is 0 Å². The highest BCUT2D eigenvalue weighted by Crippen LogP contribution is 2.46. The summed E-state index contributed by atoms with van der Waals surface area (Å²) in [6, 6.07) is 3.75. The van der Waals surface area contributed by atoms with Gasteiger partial charge in [0.15, 0.2) is 0 Å². The van der Waals surface area contributed by atoms with E-state index in [1.54, 1.807) is 13.1 Å². The lowest BCUT2D eigenvalue weighted by Crippen LogP contribution is -2.48. The van der Waals surface area contributed by atoms with Gasteiger partial charge < -0.3 is 15.0 Å². The van der Waals surface area contributed by atoms with E-state index in [2.05, 4.69) is 20.1 Å². The molecule has 0 spiro atoms. The monoisotopic (exact) mass is 448 g/mol. The highest BCUT2D eigenvalue weighted by Gasteiger charge is 2.32. The number of thiophene rings is 1. The molecule has 30 heavy (non-hydrogen) atoms. The summed E-state index contributed by atoms with van der Waals surface area (Å²) in [5, 5.41) is 6.15. The number of ether oxygens (including phenoxy) is 1. The molecule has 2 aromatic heterocycles. The minimum Gasteiger partial charge on any atom is -0.462 e. The molecule has 1 amide bonds. The van der Waals surface area contributed by atoms with Crippen LogP contribution in [0.4, 0.5) is 10.8 Å². The van der Waals surface area contributed by atoms with E-state index in [-0.39, 0.29) is 11.9 Å². The third-order valence-corrected chi connectivity index (χ3v) is 6.48. The minimum atomic E-state index is -0.347. The summed E-state index contributed by atoms with van der Waals surface area (Å²) in [4.78, 5) is 33.8. The topological polar surface area (TPSA) is 74.8 Å². The Labute approximate surface area is 185 Å². The molecule has 4 rings (SSSR count). The second-order valence-electron chi connectivity index (χ2n) is 7.54. The Kier molecular flexibility index (Phi) is 6.55. The summed E-state index contributed by atoms with van der Waals surface area (Å²) in [5.74, 6) is 0.859. The predicted molar refractivity (Wildman–Crippen MR) is 119 cm³/mol. The van der Waals surface area contributed by atoms with Crippen molar-refractivity contribution >= 4 is 45.6 Å². The first-order chi connectivity index (χ1) is 14.5. The van der Waals surface area contributed by atoms with Crippen LogP contribution >= 0.6 is 22.9 Å². The number of pyridine rings is 1. The zero-order chi connectivity index (χ0) is 21.1. The van der Waals surface area contributed by atoms with E-state index < -0.39 is 0 Å². The Bertz CT molecular complexity index is 905. The standard InChI is InChI=1S/C21H25ClN4O3S/c1-2-29-21(28)19-16(14-3-4-14)13-30-20(19)24-18(27)12-25-7-9-26(10-8-25)17-6-5-15(22)11-23-17/h5-6,11,13-14H,2-4,7-10,12H2,1H3,(H,24,27). The fraction of sp³-hybridized carbons (Fsp3) is 0.476. The highest BCUT2D eigenvalue weighted by atomic mass is 35.5. The van der Waals surface area contributed by atoms with Gasteiger partial charge >= 0.3 is 5.97 Å². The van der Waals surface area contributed by atoms with Crippen LogP contribution < -0.4 is 10.2 Å². The van der Waals surface area contributed by atoms with Gasteiger partial charge in [0.2, 0.25) is 5.91 Å². The third-order valence-electron chi connectivity index (χ3n) is 5.34. The van der Waals surface area contributed by atoms with Gasteiger partial charge in [-0.3, -0.25) is 9.69 Å². The van der Waals surface area contributed by atoms with E-state index in [1.807, 2.05) is 17.5 Å². The summed E-state index contributed by atoms with van der Waals surface area (Å²) in [7, 11) is 0. The molecule has 9 heteroatoms. The maximum absolute atomic E-state index is 12.7. The number of rotatable bonds is 7. The van der Waals surface area contributed by atoms with Gasteiger partial charge in [-0.1, -0.05) is 11.6 Å². The first kappa shape index (κ1) is 21.1. The summed E-state index contributed by atoms with van der Waals surface area (Å²) < 4.78 is 5.22. The molecule has 1 aliphatic carbocycles. The van der Waals surface area contributed by atoms with Gasteiger partial charge in [0, 0.05) is 32.4 Å². The van der Waals surface area contributed by atoms with Crippen LogP contribution in [0.2, 0.25) is 5.02 Å². The van der Waals surface area contributed by atoms with Crippen LogP contribution in [0, 0.1) is 0 Å². The molecule has 0 unspecified atom stereocenters. The van der Waals surface area contributed by atoms with Crippen molar-refractivity contribution in [1.29, 1.82) is 0 Å². The number of carbonyl (C=O) groups is 2. The van der Waals surface area contributed by atoms with Crippen molar-refractivity contribution in [1.82, 2.24) is 9.88 Å². The van der Waals surface area contributed by atoms with Gasteiger partial charge in [-0.15, -0.1) is 11.3 Å². The number of hydrogen-bond acceptors (Lipinski definition) is 7. The number of amides is 1. The smallest absolute Gasteiger partial charge is 0.341 e. The molecule has 2 aromatic rings.